The Balaban J connectivity index is 0.000000614. The van der Waals surface area contributed by atoms with Crippen LogP contribution in [-0.2, 0) is 11.3 Å². The zero-order valence-electron chi connectivity index (χ0n) is 18.0. The third-order valence-electron chi connectivity index (χ3n) is 4.93. The maximum atomic E-state index is 10.4. The largest absolute Gasteiger partial charge is 0.396 e. The van der Waals surface area contributed by atoms with Gasteiger partial charge in [-0.1, -0.05) is 58.0 Å². The maximum absolute atomic E-state index is 10.4. The second-order valence-corrected chi connectivity index (χ2v) is 7.88. The fraction of sp³-hybridized carbons (Fsp3) is 0.714. The van der Waals surface area contributed by atoms with Crippen LogP contribution in [-0.4, -0.2) is 41.3 Å². The van der Waals surface area contributed by atoms with E-state index in [0.717, 1.165) is 5.56 Å². The molecule has 8 heteroatoms. The Bertz CT molecular complexity index is 566. The number of rotatable bonds is 13. The number of hydrogen-bond donors (Lipinski definition) is 1. The highest BCUT2D eigenvalue weighted by Crippen LogP contribution is 2.16. The summed E-state index contributed by atoms with van der Waals surface area (Å²) in [4.78, 5) is 19.8. The molecule has 0 aromatic heterocycles. The van der Waals surface area contributed by atoms with Gasteiger partial charge in [0.15, 0.2) is 0 Å². The predicted octanol–water partition coefficient (Wildman–Crippen LogP) is 4.06. The van der Waals surface area contributed by atoms with Crippen molar-refractivity contribution in [1.82, 2.24) is 0 Å². The van der Waals surface area contributed by atoms with Crippen LogP contribution in [0.15, 0.2) is 30.3 Å². The van der Waals surface area contributed by atoms with Crippen molar-refractivity contribution < 1.29 is 19.7 Å². The van der Waals surface area contributed by atoms with E-state index >= 15 is 0 Å². The highest BCUT2D eigenvalue weighted by Gasteiger charge is 2.16. The Labute approximate surface area is 173 Å². The van der Waals surface area contributed by atoms with Crippen LogP contribution < -0.4 is 0 Å². The van der Waals surface area contributed by atoms with Crippen molar-refractivity contribution in [2.24, 2.45) is 23.7 Å². The van der Waals surface area contributed by atoms with Crippen molar-refractivity contribution in [2.45, 2.75) is 47.1 Å². The van der Waals surface area contributed by atoms with E-state index in [4.69, 9.17) is 9.84 Å². The lowest BCUT2D eigenvalue weighted by Crippen LogP contribution is -2.19. The predicted molar refractivity (Wildman–Crippen MR) is 113 cm³/mol. The first-order chi connectivity index (χ1) is 13.7. The summed E-state index contributed by atoms with van der Waals surface area (Å²) in [6, 6.07) is 9.96. The highest BCUT2D eigenvalue weighted by atomic mass is 16.6. The SMILES string of the molecule is CC(C)[C@@H](CO)CC[N+](=O)[O-].CC(C)[C@H](CC[N+](=O)[O-])COCc1ccccc1. The van der Waals surface area contributed by atoms with Gasteiger partial charge in [0.05, 0.1) is 13.2 Å². The average molecular weight is 413 g/mol. The van der Waals surface area contributed by atoms with Gasteiger partial charge in [0, 0.05) is 29.3 Å². The third kappa shape index (κ3) is 14.6. The Morgan fingerprint density at radius 1 is 0.897 bits per heavy atom. The van der Waals surface area contributed by atoms with Crippen molar-refractivity contribution in [3.05, 3.63) is 56.1 Å². The zero-order chi connectivity index (χ0) is 22.2. The number of ether oxygens (including phenoxy) is 1. The molecule has 0 fully saturated rings. The minimum absolute atomic E-state index is 0.0253. The van der Waals surface area contributed by atoms with E-state index in [-0.39, 0.29) is 41.4 Å². The fourth-order valence-corrected chi connectivity index (χ4v) is 2.69. The van der Waals surface area contributed by atoms with Crippen LogP contribution >= 0.6 is 0 Å². The zero-order valence-corrected chi connectivity index (χ0v) is 18.0. The molecule has 0 aliphatic rings. The lowest BCUT2D eigenvalue weighted by Gasteiger charge is -2.19. The number of aliphatic hydroxyl groups excluding tert-OH is 1. The van der Waals surface area contributed by atoms with Crippen LogP contribution in [0.3, 0.4) is 0 Å². The summed E-state index contributed by atoms with van der Waals surface area (Å²) in [5.41, 5.74) is 1.13. The minimum atomic E-state index is -0.342. The first-order valence-electron chi connectivity index (χ1n) is 10.1. The summed E-state index contributed by atoms with van der Waals surface area (Å²) in [5, 5.41) is 29.1. The molecule has 0 aliphatic heterocycles. The highest BCUT2D eigenvalue weighted by molar-refractivity contribution is 5.13. The summed E-state index contributed by atoms with van der Waals surface area (Å²) >= 11 is 0. The van der Waals surface area contributed by atoms with Crippen LogP contribution in [0.25, 0.3) is 0 Å². The van der Waals surface area contributed by atoms with Gasteiger partial charge in [-0.25, -0.2) is 0 Å². The van der Waals surface area contributed by atoms with E-state index in [1.165, 1.54) is 0 Å². The molecule has 0 spiro atoms. The summed E-state index contributed by atoms with van der Waals surface area (Å²) in [5.74, 6) is 1.04. The van der Waals surface area contributed by atoms with Crippen LogP contribution in [0.5, 0.6) is 0 Å². The molecule has 1 N–H and O–H groups in total. The molecule has 29 heavy (non-hydrogen) atoms. The first-order valence-corrected chi connectivity index (χ1v) is 10.1. The molecule has 0 saturated heterocycles. The van der Waals surface area contributed by atoms with Crippen molar-refractivity contribution in [3.8, 4) is 0 Å². The molecule has 0 radical (unpaired) electrons. The van der Waals surface area contributed by atoms with Gasteiger partial charge < -0.3 is 9.84 Å². The molecular weight excluding hydrogens is 376 g/mol. The van der Waals surface area contributed by atoms with E-state index in [9.17, 15) is 20.2 Å². The van der Waals surface area contributed by atoms with Crippen molar-refractivity contribution in [1.29, 1.82) is 0 Å². The molecule has 0 amide bonds. The van der Waals surface area contributed by atoms with E-state index in [2.05, 4.69) is 13.8 Å². The van der Waals surface area contributed by atoms with E-state index in [0.29, 0.717) is 37.9 Å². The molecule has 1 aromatic carbocycles. The molecule has 2 atom stereocenters. The van der Waals surface area contributed by atoms with Gasteiger partial charge in [0.1, 0.15) is 0 Å². The second kappa shape index (κ2) is 15.8. The smallest absolute Gasteiger partial charge is 0.204 e. The second-order valence-electron chi connectivity index (χ2n) is 7.88. The molecular formula is C21H36N2O6. The van der Waals surface area contributed by atoms with Crippen LogP contribution in [0, 0.1) is 43.9 Å². The van der Waals surface area contributed by atoms with Crippen LogP contribution in [0.1, 0.15) is 46.1 Å². The Hall–Kier alpha value is -2.06. The summed E-state index contributed by atoms with van der Waals surface area (Å²) in [7, 11) is 0. The van der Waals surface area contributed by atoms with Gasteiger partial charge in [-0.2, -0.15) is 0 Å². The third-order valence-corrected chi connectivity index (χ3v) is 4.93. The summed E-state index contributed by atoms with van der Waals surface area (Å²) < 4.78 is 5.65. The number of nitro groups is 2. The van der Waals surface area contributed by atoms with Gasteiger partial charge in [0.25, 0.3) is 0 Å². The maximum Gasteiger partial charge on any atom is 0.204 e. The van der Waals surface area contributed by atoms with Gasteiger partial charge in [-0.05, 0) is 29.2 Å². The molecule has 8 nitrogen and oxygen atoms in total. The van der Waals surface area contributed by atoms with Crippen LogP contribution in [0.2, 0.25) is 0 Å². The molecule has 1 rings (SSSR count). The summed E-state index contributed by atoms with van der Waals surface area (Å²) in [6.45, 7) is 9.27. The normalized spacial score (nSPS) is 12.9. The number of hydrogen-bond acceptors (Lipinski definition) is 6. The fourth-order valence-electron chi connectivity index (χ4n) is 2.69. The molecule has 1 aromatic rings. The average Bonchev–Trinajstić information content (AvgIpc) is 2.65. The Morgan fingerprint density at radius 3 is 1.79 bits per heavy atom. The van der Waals surface area contributed by atoms with E-state index in [1.54, 1.807) is 0 Å². The number of aliphatic hydroxyl groups is 1. The lowest BCUT2D eigenvalue weighted by atomic mass is 9.93. The van der Waals surface area contributed by atoms with Gasteiger partial charge >= 0.3 is 0 Å². The Kier molecular flexibility index (Phi) is 14.7. The molecule has 0 bridgehead atoms. The lowest BCUT2D eigenvalue weighted by molar-refractivity contribution is -0.482. The number of nitrogens with zero attached hydrogens (tertiary/aromatic N) is 2. The quantitative estimate of drug-likeness (QED) is 0.386. The molecule has 0 heterocycles. The number of benzene rings is 1. The Morgan fingerprint density at radius 2 is 1.38 bits per heavy atom. The standard InChI is InChI=1S/C14H21NO3.C7H15NO3/c1-12(2)14(8-9-15(16)17)11-18-10-13-6-4-3-5-7-13;1-6(2)7(5-9)3-4-8(10)11/h3-7,12,14H,8-11H2,1-2H3;6-7,9H,3-5H2,1-2H3/t14-;7-/m11/s1. The first kappa shape index (κ1) is 26.9. The van der Waals surface area contributed by atoms with Gasteiger partial charge in [-0.15, -0.1) is 0 Å². The molecule has 166 valence electrons. The van der Waals surface area contributed by atoms with E-state index < -0.39 is 0 Å². The molecule has 0 saturated carbocycles. The topological polar surface area (TPSA) is 116 Å². The van der Waals surface area contributed by atoms with Crippen molar-refractivity contribution in [2.75, 3.05) is 26.3 Å². The van der Waals surface area contributed by atoms with Crippen molar-refractivity contribution in [3.63, 3.8) is 0 Å². The van der Waals surface area contributed by atoms with Crippen LogP contribution in [0.4, 0.5) is 0 Å². The van der Waals surface area contributed by atoms with Gasteiger partial charge in [-0.3, -0.25) is 20.2 Å². The molecule has 0 aliphatic carbocycles. The van der Waals surface area contributed by atoms with Gasteiger partial charge in [0.2, 0.25) is 13.1 Å². The molecule has 0 unspecified atom stereocenters. The minimum Gasteiger partial charge on any atom is -0.396 e. The van der Waals surface area contributed by atoms with Crippen molar-refractivity contribution >= 4 is 0 Å². The summed E-state index contributed by atoms with van der Waals surface area (Å²) in [6.07, 6.45) is 1.06. The monoisotopic (exact) mass is 412 g/mol. The van der Waals surface area contributed by atoms with E-state index in [1.807, 2.05) is 44.2 Å².